The molecule has 25 heavy (non-hydrogen) atoms. The number of aliphatic hydroxyl groups excluding tert-OH is 1. The molecular weight excluding hydrogens is 346 g/mol. The highest BCUT2D eigenvalue weighted by Gasteiger charge is 2.37. The molecule has 1 heterocycles. The Morgan fingerprint density at radius 1 is 1.20 bits per heavy atom. The number of nitro benzene ring substituents is 1. The number of aliphatic hydroxyl groups is 1. The van der Waals surface area contributed by atoms with Gasteiger partial charge in [0.05, 0.1) is 22.0 Å². The average Bonchev–Trinajstić information content (AvgIpc) is 2.61. The summed E-state index contributed by atoms with van der Waals surface area (Å²) in [6.07, 6.45) is -0.923. The van der Waals surface area contributed by atoms with Crippen molar-refractivity contribution >= 4 is 21.4 Å². The Kier molecular flexibility index (Phi) is 4.46. The highest BCUT2D eigenvalue weighted by atomic mass is 32.2. The lowest BCUT2D eigenvalue weighted by atomic mass is 9.96. The number of anilines is 1. The molecule has 0 saturated carbocycles. The van der Waals surface area contributed by atoms with Gasteiger partial charge in [-0.3, -0.25) is 10.1 Å². The molecular formula is C16H17N3O5S. The second-order valence-electron chi connectivity index (χ2n) is 5.75. The summed E-state index contributed by atoms with van der Waals surface area (Å²) >= 11 is 0. The van der Waals surface area contributed by atoms with Crippen LogP contribution in [0.1, 0.15) is 11.6 Å². The molecule has 2 N–H and O–H groups in total. The summed E-state index contributed by atoms with van der Waals surface area (Å²) in [5.74, 6) is 0. The number of sulfonamides is 1. The number of nitrogens with zero attached hydrogens (tertiary/aromatic N) is 2. The van der Waals surface area contributed by atoms with E-state index in [1.165, 1.54) is 19.2 Å². The number of benzene rings is 2. The number of hydrogen-bond donors (Lipinski definition) is 2. The van der Waals surface area contributed by atoms with Crippen LogP contribution < -0.4 is 5.32 Å². The third-order valence-corrected chi connectivity index (χ3v) is 6.12. The fourth-order valence-electron chi connectivity index (χ4n) is 2.94. The van der Waals surface area contributed by atoms with Gasteiger partial charge in [0.25, 0.3) is 5.69 Å². The minimum Gasteiger partial charge on any atom is -0.389 e. The summed E-state index contributed by atoms with van der Waals surface area (Å²) in [7, 11) is -2.54. The number of para-hydroxylation sites is 1. The van der Waals surface area contributed by atoms with Crippen molar-refractivity contribution in [3.8, 4) is 0 Å². The van der Waals surface area contributed by atoms with Crippen molar-refractivity contribution in [3.05, 3.63) is 64.2 Å². The van der Waals surface area contributed by atoms with Crippen molar-refractivity contribution in [1.82, 2.24) is 4.31 Å². The van der Waals surface area contributed by atoms with Gasteiger partial charge in [0.15, 0.2) is 0 Å². The van der Waals surface area contributed by atoms with Gasteiger partial charge < -0.3 is 10.4 Å². The second kappa shape index (κ2) is 6.43. The molecule has 0 bridgehead atoms. The smallest absolute Gasteiger partial charge is 0.269 e. The van der Waals surface area contributed by atoms with E-state index in [0.717, 1.165) is 22.1 Å². The average molecular weight is 363 g/mol. The monoisotopic (exact) mass is 363 g/mol. The molecule has 0 fully saturated rings. The summed E-state index contributed by atoms with van der Waals surface area (Å²) in [5.41, 5.74) is 1.26. The zero-order chi connectivity index (χ0) is 18.2. The van der Waals surface area contributed by atoms with Gasteiger partial charge in [-0.1, -0.05) is 18.2 Å². The Morgan fingerprint density at radius 3 is 2.48 bits per heavy atom. The summed E-state index contributed by atoms with van der Waals surface area (Å²) in [5, 5.41) is 24.1. The molecule has 0 amide bonds. The number of nitrogens with one attached hydrogen (secondary N) is 1. The zero-order valence-corrected chi connectivity index (χ0v) is 14.2. The van der Waals surface area contributed by atoms with Crippen molar-refractivity contribution < 1.29 is 18.4 Å². The number of likely N-dealkylation sites (N-methyl/N-ethyl adjacent to an activating group) is 1. The number of non-ortho nitro benzene ring substituents is 1. The topological polar surface area (TPSA) is 113 Å². The third-order valence-electron chi connectivity index (χ3n) is 4.26. The number of nitro groups is 1. The molecule has 9 heteroatoms. The Hall–Kier alpha value is -2.49. The fraction of sp³-hybridized carbons (Fsp3) is 0.250. The maximum Gasteiger partial charge on any atom is 0.269 e. The molecule has 2 atom stereocenters. The first kappa shape index (κ1) is 17.3. The zero-order valence-electron chi connectivity index (χ0n) is 13.4. The standard InChI is InChI=1S/C16H17N3O5S/c1-18(16-13-4-2-3-5-14(13)17-10-15(16)20)25(23,24)12-8-6-11(7-9-12)19(21)22/h2-9,15-17,20H,10H2,1H3/t15-,16-/m1/s1. The predicted molar refractivity (Wildman–Crippen MR) is 91.7 cm³/mol. The predicted octanol–water partition coefficient (Wildman–Crippen LogP) is 1.74. The lowest BCUT2D eigenvalue weighted by molar-refractivity contribution is -0.384. The van der Waals surface area contributed by atoms with Crippen LogP contribution in [0.25, 0.3) is 0 Å². The summed E-state index contributed by atoms with van der Waals surface area (Å²) in [4.78, 5) is 10.1. The Balaban J connectivity index is 1.99. The normalized spacial score (nSPS) is 20.0. The van der Waals surface area contributed by atoms with Crippen molar-refractivity contribution in [1.29, 1.82) is 0 Å². The van der Waals surface area contributed by atoms with Crippen LogP contribution in [0.2, 0.25) is 0 Å². The molecule has 2 aromatic carbocycles. The van der Waals surface area contributed by atoms with Crippen molar-refractivity contribution in [3.63, 3.8) is 0 Å². The molecule has 1 aliphatic rings. The van der Waals surface area contributed by atoms with E-state index in [9.17, 15) is 23.6 Å². The summed E-state index contributed by atoms with van der Waals surface area (Å²) in [6, 6.07) is 11.1. The van der Waals surface area contributed by atoms with Crippen molar-refractivity contribution in [2.45, 2.75) is 17.0 Å². The molecule has 3 rings (SSSR count). The second-order valence-corrected chi connectivity index (χ2v) is 7.75. The quantitative estimate of drug-likeness (QED) is 0.632. The van der Waals surface area contributed by atoms with E-state index >= 15 is 0 Å². The van der Waals surface area contributed by atoms with Gasteiger partial charge in [-0.25, -0.2) is 8.42 Å². The van der Waals surface area contributed by atoms with Crippen LogP contribution in [0.15, 0.2) is 53.4 Å². The molecule has 0 spiro atoms. The number of hydrogen-bond acceptors (Lipinski definition) is 6. The lowest BCUT2D eigenvalue weighted by Crippen LogP contribution is -2.43. The van der Waals surface area contributed by atoms with E-state index in [4.69, 9.17) is 0 Å². The number of fused-ring (bicyclic) bond motifs is 1. The van der Waals surface area contributed by atoms with Crippen LogP contribution in [-0.4, -0.2) is 42.4 Å². The fourth-order valence-corrected chi connectivity index (χ4v) is 4.31. The molecule has 2 aromatic rings. The van der Waals surface area contributed by atoms with Crippen LogP contribution in [0, 0.1) is 10.1 Å². The van der Waals surface area contributed by atoms with E-state index in [2.05, 4.69) is 5.32 Å². The summed E-state index contributed by atoms with van der Waals surface area (Å²) < 4.78 is 26.9. The van der Waals surface area contributed by atoms with Gasteiger partial charge >= 0.3 is 0 Å². The maximum atomic E-state index is 12.9. The van der Waals surface area contributed by atoms with Crippen LogP contribution in [0.5, 0.6) is 0 Å². The molecule has 0 aromatic heterocycles. The van der Waals surface area contributed by atoms with E-state index in [1.807, 2.05) is 12.1 Å². The molecule has 0 aliphatic carbocycles. The van der Waals surface area contributed by atoms with Crippen LogP contribution in [-0.2, 0) is 10.0 Å². The van der Waals surface area contributed by atoms with Crippen molar-refractivity contribution in [2.24, 2.45) is 0 Å². The van der Waals surface area contributed by atoms with E-state index in [-0.39, 0.29) is 17.1 Å². The first-order valence-electron chi connectivity index (χ1n) is 7.55. The molecule has 0 saturated heterocycles. The van der Waals surface area contributed by atoms with Gasteiger partial charge in [-0.15, -0.1) is 0 Å². The van der Waals surface area contributed by atoms with Crippen LogP contribution in [0.4, 0.5) is 11.4 Å². The molecule has 132 valence electrons. The number of β-amino-alcohol motifs (C(OH)–C–C–N with tert-alkyl or cyclic N) is 1. The van der Waals surface area contributed by atoms with E-state index < -0.39 is 27.1 Å². The molecule has 1 aliphatic heterocycles. The lowest BCUT2D eigenvalue weighted by Gasteiger charge is -2.36. The van der Waals surface area contributed by atoms with Crippen LogP contribution in [0.3, 0.4) is 0 Å². The van der Waals surface area contributed by atoms with E-state index in [1.54, 1.807) is 12.1 Å². The van der Waals surface area contributed by atoms with E-state index in [0.29, 0.717) is 5.56 Å². The molecule has 0 radical (unpaired) electrons. The first-order valence-corrected chi connectivity index (χ1v) is 8.99. The SMILES string of the molecule is CN([C@@H]1c2ccccc2NC[C@H]1O)S(=O)(=O)c1ccc([N+](=O)[O-])cc1. The Labute approximate surface area is 144 Å². The minimum atomic E-state index is -3.93. The third kappa shape index (κ3) is 3.09. The maximum absolute atomic E-state index is 12.9. The summed E-state index contributed by atoms with van der Waals surface area (Å²) in [6.45, 7) is 0.224. The molecule has 0 unspecified atom stereocenters. The highest BCUT2D eigenvalue weighted by molar-refractivity contribution is 7.89. The van der Waals surface area contributed by atoms with Gasteiger partial charge in [-0.05, 0) is 23.8 Å². The van der Waals surface area contributed by atoms with Crippen LogP contribution >= 0.6 is 0 Å². The largest absolute Gasteiger partial charge is 0.389 e. The van der Waals surface area contributed by atoms with Gasteiger partial charge in [0.1, 0.15) is 0 Å². The van der Waals surface area contributed by atoms with Gasteiger partial charge in [-0.2, -0.15) is 4.31 Å². The minimum absolute atomic E-state index is 0.0659. The Bertz CT molecular complexity index is 898. The van der Waals surface area contributed by atoms with Crippen molar-refractivity contribution in [2.75, 3.05) is 18.9 Å². The van der Waals surface area contributed by atoms with Gasteiger partial charge in [0, 0.05) is 31.4 Å². The van der Waals surface area contributed by atoms with Gasteiger partial charge in [0.2, 0.25) is 10.0 Å². The Morgan fingerprint density at radius 2 is 1.84 bits per heavy atom. The first-order chi connectivity index (χ1) is 11.8. The molecule has 8 nitrogen and oxygen atoms in total. The number of rotatable bonds is 4. The highest BCUT2D eigenvalue weighted by Crippen LogP contribution is 2.36.